The molecule has 3 heterocycles. The number of fused-ring (bicyclic) bond motifs is 1. The number of benzene rings is 1. The van der Waals surface area contributed by atoms with Crippen molar-refractivity contribution in [2.75, 3.05) is 33.7 Å². The zero-order chi connectivity index (χ0) is 19.5. The number of aromatic nitrogens is 2. The predicted molar refractivity (Wildman–Crippen MR) is 116 cm³/mol. The topological polar surface area (TPSA) is 41.5 Å². The molecular weight excluding hydrogens is 392 g/mol. The lowest BCUT2D eigenvalue weighted by atomic mass is 10.0. The van der Waals surface area contributed by atoms with Gasteiger partial charge < -0.3 is 14.5 Å². The Morgan fingerprint density at radius 1 is 1.25 bits per heavy atom. The maximum Gasteiger partial charge on any atom is 0.281 e. The predicted octanol–water partition coefficient (Wildman–Crippen LogP) is 4.71. The highest BCUT2D eigenvalue weighted by atomic mass is 35.5. The molecule has 0 amide bonds. The van der Waals surface area contributed by atoms with Crippen LogP contribution in [-0.2, 0) is 6.42 Å². The van der Waals surface area contributed by atoms with Gasteiger partial charge in [-0.05, 0) is 70.2 Å². The van der Waals surface area contributed by atoms with Gasteiger partial charge in [0.05, 0.1) is 9.72 Å². The summed E-state index contributed by atoms with van der Waals surface area (Å²) in [6.07, 6.45) is 5.18. The van der Waals surface area contributed by atoms with Crippen LogP contribution in [0.1, 0.15) is 18.4 Å². The van der Waals surface area contributed by atoms with Crippen LogP contribution in [0.4, 0.5) is 0 Å². The fraction of sp³-hybridized carbons (Fsp3) is 0.429. The van der Waals surface area contributed by atoms with E-state index in [1.807, 2.05) is 18.2 Å². The van der Waals surface area contributed by atoms with Gasteiger partial charge in [-0.1, -0.05) is 35.1 Å². The smallest absolute Gasteiger partial charge is 0.281 e. The van der Waals surface area contributed by atoms with E-state index in [0.717, 1.165) is 23.4 Å². The highest BCUT2D eigenvalue weighted by molar-refractivity contribution is 7.20. The number of ether oxygens (including phenoxy) is 1. The summed E-state index contributed by atoms with van der Waals surface area (Å²) in [6.45, 7) is 3.49. The van der Waals surface area contributed by atoms with E-state index in [0.29, 0.717) is 21.9 Å². The van der Waals surface area contributed by atoms with Gasteiger partial charge in [0.15, 0.2) is 5.65 Å². The number of rotatable bonds is 6. The number of likely N-dealkylation sites (N-methyl/N-ethyl adjacent to an activating group) is 1. The summed E-state index contributed by atoms with van der Waals surface area (Å²) in [5, 5.41) is 1.19. The average molecular weight is 417 g/mol. The summed E-state index contributed by atoms with van der Waals surface area (Å²) in [5.74, 6) is 0.789. The van der Waals surface area contributed by atoms with E-state index >= 15 is 0 Å². The van der Waals surface area contributed by atoms with Crippen molar-refractivity contribution in [3.63, 3.8) is 0 Å². The third kappa shape index (κ3) is 4.81. The van der Waals surface area contributed by atoms with E-state index in [1.54, 1.807) is 6.20 Å². The van der Waals surface area contributed by atoms with Crippen LogP contribution in [0.25, 0.3) is 10.3 Å². The quantitative estimate of drug-likeness (QED) is 0.582. The molecule has 1 saturated heterocycles. The molecule has 0 N–H and O–H groups in total. The van der Waals surface area contributed by atoms with Crippen LogP contribution in [-0.4, -0.2) is 59.5 Å². The summed E-state index contributed by atoms with van der Waals surface area (Å²) >= 11 is 7.43. The Balaban J connectivity index is 1.31. The molecule has 2 aromatic heterocycles. The molecule has 3 aromatic rings. The average Bonchev–Trinajstić information content (AvgIpc) is 3.09. The van der Waals surface area contributed by atoms with Gasteiger partial charge in [-0.25, -0.2) is 4.98 Å². The normalized spacial score (nSPS) is 16.1. The molecule has 7 heteroatoms. The number of likely N-dealkylation sites (tertiary alicyclic amines) is 1. The molecule has 0 bridgehead atoms. The molecule has 0 saturated carbocycles. The zero-order valence-electron chi connectivity index (χ0n) is 16.3. The van der Waals surface area contributed by atoms with Crippen molar-refractivity contribution in [1.82, 2.24) is 19.8 Å². The second-order valence-electron chi connectivity index (χ2n) is 7.47. The molecule has 1 aliphatic rings. The minimum Gasteiger partial charge on any atom is -0.431 e. The molecule has 0 atom stereocenters. The Kier molecular flexibility index (Phi) is 6.11. The number of halogens is 1. The van der Waals surface area contributed by atoms with Crippen molar-refractivity contribution in [3.05, 3.63) is 47.1 Å². The van der Waals surface area contributed by atoms with Crippen LogP contribution in [0.3, 0.4) is 0 Å². The van der Waals surface area contributed by atoms with Gasteiger partial charge in [-0.3, -0.25) is 0 Å². The van der Waals surface area contributed by atoms with Crippen LogP contribution >= 0.6 is 22.9 Å². The van der Waals surface area contributed by atoms with E-state index in [9.17, 15) is 0 Å². The van der Waals surface area contributed by atoms with Gasteiger partial charge in [0.2, 0.25) is 0 Å². The van der Waals surface area contributed by atoms with Crippen molar-refractivity contribution in [2.45, 2.75) is 25.3 Å². The highest BCUT2D eigenvalue weighted by Gasteiger charge is 2.20. The van der Waals surface area contributed by atoms with Crippen LogP contribution < -0.4 is 4.74 Å². The molecule has 4 rings (SSSR count). The molecule has 0 spiro atoms. The molecule has 148 valence electrons. The lowest BCUT2D eigenvalue weighted by Crippen LogP contribution is -2.42. The second-order valence-corrected chi connectivity index (χ2v) is 8.90. The van der Waals surface area contributed by atoms with Gasteiger partial charge in [-0.2, -0.15) is 4.98 Å². The summed E-state index contributed by atoms with van der Waals surface area (Å²) in [4.78, 5) is 13.6. The lowest BCUT2D eigenvalue weighted by molar-refractivity contribution is 0.145. The molecule has 5 nitrogen and oxygen atoms in total. The first-order valence-electron chi connectivity index (χ1n) is 9.64. The van der Waals surface area contributed by atoms with Crippen LogP contribution in [0.5, 0.6) is 10.9 Å². The fourth-order valence-corrected chi connectivity index (χ4v) is 4.62. The minimum absolute atomic E-state index is 0.583. The third-order valence-electron chi connectivity index (χ3n) is 5.39. The number of thiazole rings is 1. The maximum atomic E-state index is 5.98. The number of hydrogen-bond acceptors (Lipinski definition) is 6. The first-order chi connectivity index (χ1) is 13.6. The van der Waals surface area contributed by atoms with Gasteiger partial charge in [0.25, 0.3) is 5.19 Å². The third-order valence-corrected chi connectivity index (χ3v) is 6.46. The Labute approximate surface area is 174 Å². The molecule has 0 radical (unpaired) electrons. The van der Waals surface area contributed by atoms with Crippen molar-refractivity contribution >= 4 is 33.3 Å². The fourth-order valence-electron chi connectivity index (χ4n) is 3.57. The van der Waals surface area contributed by atoms with E-state index in [1.165, 1.54) is 42.8 Å². The van der Waals surface area contributed by atoms with Gasteiger partial charge in [-0.15, -0.1) is 0 Å². The summed E-state index contributed by atoms with van der Waals surface area (Å²) < 4.78 is 6.83. The van der Waals surface area contributed by atoms with Gasteiger partial charge >= 0.3 is 0 Å². The van der Waals surface area contributed by atoms with E-state index in [4.69, 9.17) is 16.3 Å². The van der Waals surface area contributed by atoms with Crippen LogP contribution in [0.2, 0.25) is 5.02 Å². The number of piperidine rings is 1. The van der Waals surface area contributed by atoms with Crippen LogP contribution in [0, 0.1) is 0 Å². The van der Waals surface area contributed by atoms with E-state index in [2.05, 4.69) is 46.0 Å². The number of pyridine rings is 1. The lowest BCUT2D eigenvalue weighted by Gasteiger charge is -2.35. The number of nitrogens with zero attached hydrogens (tertiary/aromatic N) is 4. The van der Waals surface area contributed by atoms with E-state index in [-0.39, 0.29) is 0 Å². The van der Waals surface area contributed by atoms with Crippen LogP contribution in [0.15, 0.2) is 36.5 Å². The Morgan fingerprint density at radius 2 is 2.00 bits per heavy atom. The SMILES string of the molecule is CN1CCC(N(C)CCc2ccc(Oc3nc4ncc(Cl)cc4s3)cc2)CC1. The molecule has 0 aliphatic carbocycles. The summed E-state index contributed by atoms with van der Waals surface area (Å²) in [7, 11) is 4.46. The highest BCUT2D eigenvalue weighted by Crippen LogP contribution is 2.31. The number of hydrogen-bond donors (Lipinski definition) is 0. The Morgan fingerprint density at radius 3 is 2.75 bits per heavy atom. The van der Waals surface area contributed by atoms with Crippen molar-refractivity contribution in [3.8, 4) is 10.9 Å². The summed E-state index contributed by atoms with van der Waals surface area (Å²) in [5.41, 5.74) is 1.99. The standard InChI is InChI=1S/C21H25ClN4OS/c1-25-10-8-17(9-11-25)26(2)12-7-15-3-5-18(6-4-15)27-21-24-20-19(28-21)13-16(22)14-23-20/h3-6,13-14,17H,7-12H2,1-2H3. The molecule has 28 heavy (non-hydrogen) atoms. The first-order valence-corrected chi connectivity index (χ1v) is 10.8. The van der Waals surface area contributed by atoms with E-state index < -0.39 is 0 Å². The molecular formula is C21H25ClN4OS. The molecule has 1 aliphatic heterocycles. The maximum absolute atomic E-state index is 5.98. The Hall–Kier alpha value is -1.73. The molecule has 0 unspecified atom stereocenters. The monoisotopic (exact) mass is 416 g/mol. The largest absolute Gasteiger partial charge is 0.431 e. The first kappa shape index (κ1) is 19.6. The minimum atomic E-state index is 0.583. The summed E-state index contributed by atoms with van der Waals surface area (Å²) in [6, 6.07) is 10.9. The Bertz CT molecular complexity index is 922. The van der Waals surface area contributed by atoms with Crippen molar-refractivity contribution in [1.29, 1.82) is 0 Å². The van der Waals surface area contributed by atoms with Crippen molar-refractivity contribution in [2.24, 2.45) is 0 Å². The van der Waals surface area contributed by atoms with Gasteiger partial charge in [0.1, 0.15) is 5.75 Å². The zero-order valence-corrected chi connectivity index (χ0v) is 17.8. The van der Waals surface area contributed by atoms with Crippen molar-refractivity contribution < 1.29 is 4.74 Å². The van der Waals surface area contributed by atoms with Gasteiger partial charge in [0, 0.05) is 18.8 Å². The molecule has 1 fully saturated rings. The second kappa shape index (κ2) is 8.74. The molecule has 1 aromatic carbocycles.